The van der Waals surface area contributed by atoms with Crippen LogP contribution in [0.3, 0.4) is 0 Å². The topological polar surface area (TPSA) is 112 Å². The number of anilines is 1. The van der Waals surface area contributed by atoms with Crippen LogP contribution in [0.1, 0.15) is 5.56 Å². The van der Waals surface area contributed by atoms with Crippen molar-refractivity contribution in [1.82, 2.24) is 5.32 Å². The van der Waals surface area contributed by atoms with Crippen molar-refractivity contribution in [2.45, 2.75) is 11.4 Å². The number of ether oxygens (including phenoxy) is 4. The van der Waals surface area contributed by atoms with E-state index in [9.17, 15) is 13.2 Å². The molecule has 3 rings (SSSR count). The average molecular weight is 521 g/mol. The van der Waals surface area contributed by atoms with Gasteiger partial charge in [0.25, 0.3) is 15.9 Å². The quantitative estimate of drug-likeness (QED) is 0.395. The Morgan fingerprint density at radius 1 is 0.857 bits per heavy atom. The van der Waals surface area contributed by atoms with E-state index in [0.717, 1.165) is 5.56 Å². The van der Waals surface area contributed by atoms with Crippen molar-refractivity contribution >= 4 is 33.2 Å². The Bertz CT molecular complexity index is 1280. The molecule has 0 fully saturated rings. The van der Waals surface area contributed by atoms with Crippen molar-refractivity contribution in [3.05, 3.63) is 71.2 Å². The maximum atomic E-state index is 12.7. The first-order valence-corrected chi connectivity index (χ1v) is 12.2. The van der Waals surface area contributed by atoms with E-state index < -0.39 is 10.0 Å². The molecule has 0 aliphatic carbocycles. The summed E-state index contributed by atoms with van der Waals surface area (Å²) in [6, 6.07) is 15.7. The predicted molar refractivity (Wildman–Crippen MR) is 132 cm³/mol. The molecule has 0 saturated heterocycles. The molecular formula is C24H25ClN2O7S. The summed E-state index contributed by atoms with van der Waals surface area (Å²) in [5.74, 6) is 1.54. The minimum atomic E-state index is -3.88. The zero-order valence-corrected chi connectivity index (χ0v) is 20.9. The summed E-state index contributed by atoms with van der Waals surface area (Å²) in [5, 5.41) is 2.78. The molecule has 0 heterocycles. The third-order valence-electron chi connectivity index (χ3n) is 4.85. The number of methoxy groups -OCH3 is 3. The number of hydrogen-bond acceptors (Lipinski definition) is 7. The second-order valence-corrected chi connectivity index (χ2v) is 9.27. The van der Waals surface area contributed by atoms with Gasteiger partial charge in [-0.25, -0.2) is 8.42 Å². The standard InChI is InChI=1S/C24H25ClN2O7S/c1-31-18-7-5-17(6-8-18)27-35(29,30)19-9-11-21(20(25)13-19)34-15-24(28)26-14-16-4-10-22(32-2)23(12-16)33-3/h4-13,27H,14-15H2,1-3H3,(H,26,28). The van der Waals surface area contributed by atoms with Gasteiger partial charge in [-0.1, -0.05) is 17.7 Å². The second kappa shape index (κ2) is 11.7. The van der Waals surface area contributed by atoms with Crippen LogP contribution in [-0.4, -0.2) is 42.3 Å². The lowest BCUT2D eigenvalue weighted by Gasteiger charge is -2.12. The molecule has 3 aromatic rings. The first-order chi connectivity index (χ1) is 16.7. The lowest BCUT2D eigenvalue weighted by Crippen LogP contribution is -2.28. The largest absolute Gasteiger partial charge is 0.497 e. The molecule has 0 aliphatic heterocycles. The fourth-order valence-corrected chi connectivity index (χ4v) is 4.41. The average Bonchev–Trinajstić information content (AvgIpc) is 2.86. The number of nitrogens with one attached hydrogen (secondary N) is 2. The second-order valence-electron chi connectivity index (χ2n) is 7.18. The summed E-state index contributed by atoms with van der Waals surface area (Å²) >= 11 is 6.21. The highest BCUT2D eigenvalue weighted by molar-refractivity contribution is 7.92. The highest BCUT2D eigenvalue weighted by atomic mass is 35.5. The fraction of sp³-hybridized carbons (Fsp3) is 0.208. The Morgan fingerprint density at radius 2 is 1.54 bits per heavy atom. The van der Waals surface area contributed by atoms with Crippen LogP contribution in [-0.2, 0) is 21.4 Å². The SMILES string of the molecule is COc1ccc(NS(=O)(=O)c2ccc(OCC(=O)NCc3ccc(OC)c(OC)c3)c(Cl)c2)cc1. The lowest BCUT2D eigenvalue weighted by atomic mass is 10.2. The van der Waals surface area contributed by atoms with Gasteiger partial charge in [0.05, 0.1) is 31.2 Å². The first kappa shape index (κ1) is 26.0. The molecule has 3 aromatic carbocycles. The first-order valence-electron chi connectivity index (χ1n) is 10.3. The number of carbonyl (C=O) groups excluding carboxylic acids is 1. The van der Waals surface area contributed by atoms with Gasteiger partial charge in [-0.05, 0) is 60.2 Å². The minimum absolute atomic E-state index is 0.0512. The number of rotatable bonds is 11. The van der Waals surface area contributed by atoms with Crippen molar-refractivity contribution in [3.8, 4) is 23.0 Å². The molecule has 35 heavy (non-hydrogen) atoms. The molecular weight excluding hydrogens is 496 g/mol. The van der Waals surface area contributed by atoms with Gasteiger partial charge in [0.2, 0.25) is 0 Å². The van der Waals surface area contributed by atoms with Crippen LogP contribution in [0.5, 0.6) is 23.0 Å². The summed E-state index contributed by atoms with van der Waals surface area (Å²) in [6.07, 6.45) is 0. The molecule has 2 N–H and O–H groups in total. The number of hydrogen-bond donors (Lipinski definition) is 2. The molecule has 0 spiro atoms. The zero-order valence-electron chi connectivity index (χ0n) is 19.3. The van der Waals surface area contributed by atoms with Crippen molar-refractivity contribution in [3.63, 3.8) is 0 Å². The van der Waals surface area contributed by atoms with Gasteiger partial charge in [0.15, 0.2) is 18.1 Å². The molecule has 0 saturated carbocycles. The fourth-order valence-electron chi connectivity index (χ4n) is 3.02. The van der Waals surface area contributed by atoms with E-state index in [4.69, 9.17) is 30.5 Å². The number of amides is 1. The van der Waals surface area contributed by atoms with E-state index in [1.807, 2.05) is 0 Å². The van der Waals surface area contributed by atoms with Crippen LogP contribution in [0.2, 0.25) is 5.02 Å². The Kier molecular flexibility index (Phi) is 8.67. The summed E-state index contributed by atoms with van der Waals surface area (Å²) in [5.41, 5.74) is 1.18. The molecule has 186 valence electrons. The summed E-state index contributed by atoms with van der Waals surface area (Å²) in [4.78, 5) is 12.2. The van der Waals surface area contributed by atoms with E-state index in [-0.39, 0.29) is 34.7 Å². The number of halogens is 1. The lowest BCUT2D eigenvalue weighted by molar-refractivity contribution is -0.123. The smallest absolute Gasteiger partial charge is 0.261 e. The molecule has 0 radical (unpaired) electrons. The van der Waals surface area contributed by atoms with E-state index in [2.05, 4.69) is 10.0 Å². The van der Waals surface area contributed by atoms with Crippen LogP contribution in [0.4, 0.5) is 5.69 Å². The summed E-state index contributed by atoms with van der Waals surface area (Å²) in [7, 11) is 0.712. The maximum Gasteiger partial charge on any atom is 0.261 e. The Morgan fingerprint density at radius 3 is 2.17 bits per heavy atom. The molecule has 0 unspecified atom stereocenters. The minimum Gasteiger partial charge on any atom is -0.497 e. The van der Waals surface area contributed by atoms with E-state index >= 15 is 0 Å². The number of benzene rings is 3. The molecule has 0 bridgehead atoms. The summed E-state index contributed by atoms with van der Waals surface area (Å²) < 4.78 is 48.8. The Labute approximate surface area is 209 Å². The van der Waals surface area contributed by atoms with Crippen LogP contribution in [0.15, 0.2) is 65.6 Å². The molecule has 0 atom stereocenters. The highest BCUT2D eigenvalue weighted by Gasteiger charge is 2.17. The van der Waals surface area contributed by atoms with Crippen LogP contribution < -0.4 is 29.0 Å². The third kappa shape index (κ3) is 6.93. The van der Waals surface area contributed by atoms with Gasteiger partial charge >= 0.3 is 0 Å². The van der Waals surface area contributed by atoms with Gasteiger partial charge in [-0.15, -0.1) is 0 Å². The van der Waals surface area contributed by atoms with Gasteiger partial charge in [-0.2, -0.15) is 0 Å². The van der Waals surface area contributed by atoms with E-state index in [1.165, 1.54) is 32.4 Å². The maximum absolute atomic E-state index is 12.7. The number of sulfonamides is 1. The van der Waals surface area contributed by atoms with Crippen LogP contribution >= 0.6 is 11.6 Å². The van der Waals surface area contributed by atoms with Crippen molar-refractivity contribution in [2.75, 3.05) is 32.7 Å². The third-order valence-corrected chi connectivity index (χ3v) is 6.53. The molecule has 0 aliphatic rings. The monoisotopic (exact) mass is 520 g/mol. The van der Waals surface area contributed by atoms with Gasteiger partial charge < -0.3 is 24.3 Å². The van der Waals surface area contributed by atoms with Crippen molar-refractivity contribution < 1.29 is 32.2 Å². The predicted octanol–water partition coefficient (Wildman–Crippen LogP) is 3.86. The van der Waals surface area contributed by atoms with Crippen molar-refractivity contribution in [1.29, 1.82) is 0 Å². The van der Waals surface area contributed by atoms with Gasteiger partial charge in [0, 0.05) is 12.2 Å². The van der Waals surface area contributed by atoms with Crippen LogP contribution in [0, 0.1) is 0 Å². The van der Waals surface area contributed by atoms with Crippen molar-refractivity contribution in [2.24, 2.45) is 0 Å². The van der Waals surface area contributed by atoms with Crippen LogP contribution in [0.25, 0.3) is 0 Å². The molecule has 9 nitrogen and oxygen atoms in total. The Balaban J connectivity index is 1.57. The normalized spacial score (nSPS) is 10.9. The highest BCUT2D eigenvalue weighted by Crippen LogP contribution is 2.29. The van der Waals surface area contributed by atoms with Gasteiger partial charge in [-0.3, -0.25) is 9.52 Å². The molecule has 0 aromatic heterocycles. The van der Waals surface area contributed by atoms with E-state index in [0.29, 0.717) is 22.9 Å². The molecule has 1 amide bonds. The number of carbonyl (C=O) groups is 1. The molecule has 11 heteroatoms. The zero-order chi connectivity index (χ0) is 25.4. The summed E-state index contributed by atoms with van der Waals surface area (Å²) in [6.45, 7) is -0.0479. The van der Waals surface area contributed by atoms with E-state index in [1.54, 1.807) is 49.6 Å². The Hall–Kier alpha value is -3.63. The van der Waals surface area contributed by atoms with Gasteiger partial charge in [0.1, 0.15) is 11.5 Å².